The molecule has 13 heteroatoms. The highest BCUT2D eigenvalue weighted by atomic mass is 35.5. The van der Waals surface area contributed by atoms with Gasteiger partial charge in [0.25, 0.3) is 11.5 Å². The minimum absolute atomic E-state index is 0.00874. The average Bonchev–Trinajstić information content (AvgIpc) is 3.35. The Hall–Kier alpha value is -4.26. The molecular formula is C32H33ClFN5O6. The van der Waals surface area contributed by atoms with Crippen LogP contribution in [0.4, 0.5) is 9.18 Å². The van der Waals surface area contributed by atoms with Crippen LogP contribution in [0.3, 0.4) is 0 Å². The van der Waals surface area contributed by atoms with E-state index in [1.54, 1.807) is 21.6 Å². The Labute approximate surface area is 263 Å². The molecule has 236 valence electrons. The molecule has 0 bridgehead atoms. The molecule has 6 rings (SSSR count). The molecule has 2 aromatic carbocycles. The molecule has 2 aliphatic heterocycles. The molecule has 2 aromatic heterocycles. The van der Waals surface area contributed by atoms with Crippen LogP contribution < -0.4 is 5.56 Å². The van der Waals surface area contributed by atoms with Crippen molar-refractivity contribution in [2.24, 2.45) is 0 Å². The first-order valence-electron chi connectivity index (χ1n) is 14.6. The molecule has 2 N–H and O–H groups in total. The van der Waals surface area contributed by atoms with Crippen molar-refractivity contribution < 1.29 is 28.9 Å². The van der Waals surface area contributed by atoms with E-state index in [4.69, 9.17) is 16.3 Å². The smallest absolute Gasteiger partial charge is 0.407 e. The zero-order chi connectivity index (χ0) is 32.1. The number of fused-ring (bicyclic) bond motifs is 1. The summed E-state index contributed by atoms with van der Waals surface area (Å²) in [6.07, 6.45) is 0.864. The van der Waals surface area contributed by atoms with Gasteiger partial charge in [0, 0.05) is 24.3 Å². The quantitative estimate of drug-likeness (QED) is 0.330. The number of amides is 2. The number of halogens is 2. The Morgan fingerprint density at radius 1 is 1.09 bits per heavy atom. The minimum Gasteiger partial charge on any atom is -0.465 e. The van der Waals surface area contributed by atoms with Crippen molar-refractivity contribution in [3.05, 3.63) is 93.4 Å². The second kappa shape index (κ2) is 11.6. The normalized spacial score (nSPS) is 19.5. The minimum atomic E-state index is -1.23. The summed E-state index contributed by atoms with van der Waals surface area (Å²) < 4.78 is 22.1. The number of nitrogens with zero attached hydrogens (tertiary/aromatic N) is 5. The van der Waals surface area contributed by atoms with Gasteiger partial charge in [0.2, 0.25) is 0 Å². The number of morpholine rings is 1. The van der Waals surface area contributed by atoms with Gasteiger partial charge in [0.1, 0.15) is 17.3 Å². The first kappa shape index (κ1) is 30.8. The van der Waals surface area contributed by atoms with Gasteiger partial charge in [-0.25, -0.2) is 14.2 Å². The number of carboxylic acid groups (broad SMARTS) is 1. The zero-order valence-corrected chi connectivity index (χ0v) is 25.6. The summed E-state index contributed by atoms with van der Waals surface area (Å²) in [6, 6.07) is 13.6. The average molecular weight is 638 g/mol. The topological polar surface area (TPSA) is 130 Å². The summed E-state index contributed by atoms with van der Waals surface area (Å²) in [6.45, 7) is 4.72. The van der Waals surface area contributed by atoms with Crippen LogP contribution in [0.2, 0.25) is 5.15 Å². The van der Waals surface area contributed by atoms with Crippen LogP contribution in [0.25, 0.3) is 16.7 Å². The molecule has 0 unspecified atom stereocenters. The molecule has 2 aliphatic rings. The van der Waals surface area contributed by atoms with Crippen molar-refractivity contribution >= 4 is 34.6 Å². The van der Waals surface area contributed by atoms with Crippen LogP contribution in [-0.4, -0.2) is 83.6 Å². The van der Waals surface area contributed by atoms with Gasteiger partial charge in [-0.1, -0.05) is 23.7 Å². The van der Waals surface area contributed by atoms with E-state index in [0.717, 1.165) is 5.56 Å². The maximum absolute atomic E-state index is 13.5. The van der Waals surface area contributed by atoms with E-state index in [0.29, 0.717) is 16.9 Å². The van der Waals surface area contributed by atoms with Gasteiger partial charge in [-0.2, -0.15) is 0 Å². The van der Waals surface area contributed by atoms with E-state index >= 15 is 0 Å². The molecule has 0 spiro atoms. The zero-order valence-electron chi connectivity index (χ0n) is 24.8. The molecule has 45 heavy (non-hydrogen) atoms. The van der Waals surface area contributed by atoms with Crippen molar-refractivity contribution in [1.29, 1.82) is 0 Å². The lowest BCUT2D eigenvalue weighted by atomic mass is 9.91. The predicted octanol–water partition coefficient (Wildman–Crippen LogP) is 4.48. The highest BCUT2D eigenvalue weighted by Crippen LogP contribution is 2.32. The maximum atomic E-state index is 13.5. The van der Waals surface area contributed by atoms with Crippen molar-refractivity contribution in [3.63, 3.8) is 0 Å². The van der Waals surface area contributed by atoms with Gasteiger partial charge >= 0.3 is 6.09 Å². The Bertz CT molecular complexity index is 1810. The molecular weight excluding hydrogens is 605 g/mol. The number of aliphatic hydroxyl groups is 1. The van der Waals surface area contributed by atoms with E-state index in [1.165, 1.54) is 46.1 Å². The number of carbonyl (C=O) groups is 2. The van der Waals surface area contributed by atoms with Gasteiger partial charge in [0.15, 0.2) is 5.65 Å². The van der Waals surface area contributed by atoms with Crippen molar-refractivity contribution in [1.82, 2.24) is 23.9 Å². The van der Waals surface area contributed by atoms with Crippen molar-refractivity contribution in [2.45, 2.75) is 50.5 Å². The van der Waals surface area contributed by atoms with E-state index in [-0.39, 0.29) is 67.6 Å². The van der Waals surface area contributed by atoms with Gasteiger partial charge in [-0.05, 0) is 74.7 Å². The number of carbonyl (C=O) groups excluding carboxylic acids is 1. The fraction of sp³-hybridized carbons (Fsp3) is 0.375. The number of hydrogen-bond acceptors (Lipinski definition) is 6. The van der Waals surface area contributed by atoms with Gasteiger partial charge in [0.05, 0.1) is 42.3 Å². The number of piperidine rings is 1. The van der Waals surface area contributed by atoms with E-state index in [1.807, 2.05) is 26.0 Å². The lowest BCUT2D eigenvalue weighted by molar-refractivity contribution is -0.106. The summed E-state index contributed by atoms with van der Waals surface area (Å²) in [7, 11) is 0. The third kappa shape index (κ3) is 6.05. The van der Waals surface area contributed by atoms with Gasteiger partial charge in [-0.15, -0.1) is 0 Å². The summed E-state index contributed by atoms with van der Waals surface area (Å²) in [5.41, 5.74) is -0.0639. The van der Waals surface area contributed by atoms with Crippen LogP contribution in [0.15, 0.2) is 65.7 Å². The number of ether oxygens (including phenoxy) is 1. The van der Waals surface area contributed by atoms with Crippen molar-refractivity contribution in [3.8, 4) is 5.69 Å². The summed E-state index contributed by atoms with van der Waals surface area (Å²) in [5, 5.41) is 21.6. The molecule has 2 fully saturated rings. The molecule has 4 heterocycles. The largest absolute Gasteiger partial charge is 0.465 e. The molecule has 0 radical (unpaired) electrons. The van der Waals surface area contributed by atoms with Gasteiger partial charge < -0.3 is 19.8 Å². The van der Waals surface area contributed by atoms with Gasteiger partial charge in [-0.3, -0.25) is 23.6 Å². The summed E-state index contributed by atoms with van der Waals surface area (Å²) >= 11 is 6.60. The number of likely N-dealkylation sites (tertiary alicyclic amines) is 1. The van der Waals surface area contributed by atoms with E-state index in [9.17, 15) is 29.0 Å². The Morgan fingerprint density at radius 2 is 1.76 bits per heavy atom. The third-order valence-electron chi connectivity index (χ3n) is 8.62. The lowest BCUT2D eigenvalue weighted by Crippen LogP contribution is -2.51. The van der Waals surface area contributed by atoms with Crippen LogP contribution in [-0.2, 0) is 11.3 Å². The fourth-order valence-electron chi connectivity index (χ4n) is 6.10. The van der Waals surface area contributed by atoms with E-state index < -0.39 is 29.2 Å². The second-order valence-corrected chi connectivity index (χ2v) is 12.7. The first-order chi connectivity index (χ1) is 21.3. The number of benzene rings is 2. The van der Waals surface area contributed by atoms with Crippen LogP contribution >= 0.6 is 11.6 Å². The van der Waals surface area contributed by atoms with E-state index in [2.05, 4.69) is 4.98 Å². The number of aromatic nitrogens is 3. The molecule has 1 atom stereocenters. The Morgan fingerprint density at radius 3 is 2.40 bits per heavy atom. The lowest BCUT2D eigenvalue weighted by Gasteiger charge is -2.42. The fourth-order valence-corrected chi connectivity index (χ4v) is 6.39. The first-order valence-corrected chi connectivity index (χ1v) is 15.0. The molecule has 2 amide bonds. The van der Waals surface area contributed by atoms with Crippen LogP contribution in [0.1, 0.15) is 48.7 Å². The summed E-state index contributed by atoms with van der Waals surface area (Å²) in [5.74, 6) is -0.662. The Balaban J connectivity index is 1.19. The second-order valence-electron chi connectivity index (χ2n) is 12.3. The number of rotatable bonds is 5. The maximum Gasteiger partial charge on any atom is 0.407 e. The van der Waals surface area contributed by atoms with Crippen LogP contribution in [0.5, 0.6) is 0 Å². The molecule has 0 saturated carbocycles. The predicted molar refractivity (Wildman–Crippen MR) is 164 cm³/mol. The Kier molecular flexibility index (Phi) is 7.92. The molecule has 11 nitrogen and oxygen atoms in total. The monoisotopic (exact) mass is 637 g/mol. The highest BCUT2D eigenvalue weighted by Gasteiger charge is 2.38. The van der Waals surface area contributed by atoms with Crippen LogP contribution in [0, 0.1) is 5.82 Å². The molecule has 4 aromatic rings. The SMILES string of the molecule is CC1(C)CN(C(=O)O)[C@H](c2ccc(-n3c(Cl)cc4c(=O)n(CC5(O)CCN(C(=O)c6ccc(F)cc6)CC5)cnc43)cc2)CO1. The molecule has 2 saturated heterocycles. The standard InChI is InChI=1S/C32H33ClFN5O6/c1-31(2)17-38(30(42)43)25(16-45-31)20-5-9-23(10-6-20)39-26(33)15-24-27(39)35-19-37(29(24)41)18-32(44)11-13-36(14-12-32)28(40)21-3-7-22(34)8-4-21/h3-10,15,19,25,44H,11-14,16-18H2,1-2H3,(H,42,43)/t25-/m0/s1. The summed E-state index contributed by atoms with van der Waals surface area (Å²) in [4.78, 5) is 45.8. The van der Waals surface area contributed by atoms with Crippen molar-refractivity contribution in [2.75, 3.05) is 26.2 Å². The molecule has 0 aliphatic carbocycles. The number of hydrogen-bond donors (Lipinski definition) is 2. The highest BCUT2D eigenvalue weighted by molar-refractivity contribution is 6.31. The third-order valence-corrected chi connectivity index (χ3v) is 8.90.